The summed E-state index contributed by atoms with van der Waals surface area (Å²) in [6.45, 7) is 0. The van der Waals surface area contributed by atoms with Crippen LogP contribution in [0, 0.1) is 5.92 Å². The van der Waals surface area contributed by atoms with E-state index in [2.05, 4.69) is 9.46 Å². The molecule has 0 fully saturated rings. The zero-order valence-corrected chi connectivity index (χ0v) is 12.7. The van der Waals surface area contributed by atoms with Crippen molar-refractivity contribution >= 4 is 29.6 Å². The molecule has 1 aromatic rings. The number of rotatable bonds is 4. The Hall–Kier alpha value is -2.28. The summed E-state index contributed by atoms with van der Waals surface area (Å²) in [6, 6.07) is 9.08. The number of carbonyl (C=O) groups excluding carboxylic acids is 3. The minimum absolute atomic E-state index is 0.0723. The number of hydrogen-bond donors (Lipinski definition) is 2. The fourth-order valence-electron chi connectivity index (χ4n) is 2.13. The molecule has 0 bridgehead atoms. The third kappa shape index (κ3) is 3.67. The molecular formula is C15H15NO5S. The first-order valence-electron chi connectivity index (χ1n) is 6.58. The van der Waals surface area contributed by atoms with Crippen LogP contribution in [0.25, 0.3) is 0 Å². The number of methoxy groups -OCH3 is 1. The van der Waals surface area contributed by atoms with E-state index in [-0.39, 0.29) is 24.2 Å². The van der Waals surface area contributed by atoms with Crippen LogP contribution >= 0.6 is 11.9 Å². The third-order valence-corrected chi connectivity index (χ3v) is 4.00. The van der Waals surface area contributed by atoms with Crippen molar-refractivity contribution in [1.29, 1.82) is 0 Å². The molecule has 0 saturated carbocycles. The summed E-state index contributed by atoms with van der Waals surface area (Å²) in [4.78, 5) is 36.3. The molecule has 1 aliphatic rings. The van der Waals surface area contributed by atoms with Crippen molar-refractivity contribution < 1.29 is 24.2 Å². The second kappa shape index (κ2) is 7.13. The van der Waals surface area contributed by atoms with Gasteiger partial charge in [-0.3, -0.25) is 19.1 Å². The standard InChI is InChI=1S/C15H15NO5S/c1-21-15(20)9-7-11(17)13(12(18)8-9)14(19)16-22-10-5-3-2-4-6-10/h2-6,9,17H,7-8H2,1H3,(H,16,19). The van der Waals surface area contributed by atoms with Crippen molar-refractivity contribution in [3.05, 3.63) is 41.7 Å². The Morgan fingerprint density at radius 3 is 2.55 bits per heavy atom. The number of benzene rings is 1. The monoisotopic (exact) mass is 321 g/mol. The number of ether oxygens (including phenoxy) is 1. The Morgan fingerprint density at radius 1 is 1.27 bits per heavy atom. The van der Waals surface area contributed by atoms with Gasteiger partial charge in [0, 0.05) is 17.7 Å². The van der Waals surface area contributed by atoms with E-state index in [4.69, 9.17) is 0 Å². The average molecular weight is 321 g/mol. The van der Waals surface area contributed by atoms with Gasteiger partial charge in [-0.15, -0.1) is 0 Å². The number of Topliss-reactive ketones (excluding diaryl/α,β-unsaturated/α-hetero) is 1. The largest absolute Gasteiger partial charge is 0.511 e. The highest BCUT2D eigenvalue weighted by molar-refractivity contribution is 7.98. The number of ketones is 1. The lowest BCUT2D eigenvalue weighted by Crippen LogP contribution is -2.32. The van der Waals surface area contributed by atoms with Crippen LogP contribution < -0.4 is 4.72 Å². The molecule has 2 N–H and O–H groups in total. The molecule has 7 heteroatoms. The van der Waals surface area contributed by atoms with Crippen molar-refractivity contribution in [1.82, 2.24) is 4.72 Å². The first-order chi connectivity index (χ1) is 10.5. The van der Waals surface area contributed by atoms with E-state index in [0.717, 1.165) is 16.8 Å². The van der Waals surface area contributed by atoms with E-state index in [9.17, 15) is 19.5 Å². The van der Waals surface area contributed by atoms with Gasteiger partial charge in [0.2, 0.25) is 0 Å². The van der Waals surface area contributed by atoms with Gasteiger partial charge < -0.3 is 9.84 Å². The van der Waals surface area contributed by atoms with Crippen LogP contribution in [0.2, 0.25) is 0 Å². The minimum Gasteiger partial charge on any atom is -0.511 e. The molecule has 0 heterocycles. The van der Waals surface area contributed by atoms with E-state index in [0.29, 0.717) is 0 Å². The molecule has 0 spiro atoms. The summed E-state index contributed by atoms with van der Waals surface area (Å²) in [5.74, 6) is -2.92. The number of aliphatic hydroxyl groups is 1. The maximum atomic E-state index is 12.1. The molecule has 22 heavy (non-hydrogen) atoms. The lowest BCUT2D eigenvalue weighted by molar-refractivity contribution is -0.147. The number of allylic oxidation sites excluding steroid dienone is 1. The zero-order valence-electron chi connectivity index (χ0n) is 11.9. The summed E-state index contributed by atoms with van der Waals surface area (Å²) >= 11 is 1.05. The topological polar surface area (TPSA) is 92.7 Å². The summed E-state index contributed by atoms with van der Waals surface area (Å²) in [5, 5.41) is 9.90. The van der Waals surface area contributed by atoms with Crippen molar-refractivity contribution in [3.63, 3.8) is 0 Å². The summed E-state index contributed by atoms with van der Waals surface area (Å²) in [6.07, 6.45) is -0.216. The molecule has 0 radical (unpaired) electrons. The van der Waals surface area contributed by atoms with E-state index >= 15 is 0 Å². The van der Waals surface area contributed by atoms with Crippen molar-refractivity contribution in [3.8, 4) is 0 Å². The van der Waals surface area contributed by atoms with Gasteiger partial charge in [0.15, 0.2) is 5.78 Å². The fraction of sp³-hybridized carbons (Fsp3) is 0.267. The quantitative estimate of drug-likeness (QED) is 0.499. The maximum absolute atomic E-state index is 12.1. The average Bonchev–Trinajstić information content (AvgIpc) is 2.52. The fourth-order valence-corrected chi connectivity index (χ4v) is 2.74. The molecule has 0 aliphatic heterocycles. The zero-order chi connectivity index (χ0) is 16.1. The molecule has 0 saturated heterocycles. The smallest absolute Gasteiger partial charge is 0.309 e. The van der Waals surface area contributed by atoms with E-state index in [1.54, 1.807) is 12.1 Å². The molecule has 1 atom stereocenters. The van der Waals surface area contributed by atoms with Crippen LogP contribution in [0.4, 0.5) is 0 Å². The van der Waals surface area contributed by atoms with E-state index in [1.807, 2.05) is 18.2 Å². The summed E-state index contributed by atoms with van der Waals surface area (Å²) in [7, 11) is 1.21. The number of amides is 1. The van der Waals surface area contributed by atoms with Crippen LogP contribution in [0.3, 0.4) is 0 Å². The first kappa shape index (κ1) is 16.1. The van der Waals surface area contributed by atoms with E-state index < -0.39 is 23.6 Å². The van der Waals surface area contributed by atoms with Crippen molar-refractivity contribution in [2.24, 2.45) is 5.92 Å². The van der Waals surface area contributed by atoms with Gasteiger partial charge in [-0.05, 0) is 24.1 Å². The molecular weight excluding hydrogens is 306 g/mol. The van der Waals surface area contributed by atoms with Crippen molar-refractivity contribution in [2.45, 2.75) is 17.7 Å². The van der Waals surface area contributed by atoms with Crippen LogP contribution in [0.5, 0.6) is 0 Å². The predicted molar refractivity (Wildman–Crippen MR) is 79.8 cm³/mol. The normalized spacial score (nSPS) is 18.0. The second-order valence-electron chi connectivity index (χ2n) is 4.72. The first-order valence-corrected chi connectivity index (χ1v) is 7.40. The predicted octanol–water partition coefficient (Wildman–Crippen LogP) is 1.77. The lowest BCUT2D eigenvalue weighted by atomic mass is 9.87. The van der Waals surface area contributed by atoms with Gasteiger partial charge in [0.25, 0.3) is 5.91 Å². The number of nitrogens with one attached hydrogen (secondary N) is 1. The Labute approximate surface area is 131 Å². The Bertz CT molecular complexity index is 626. The van der Waals surface area contributed by atoms with E-state index in [1.165, 1.54) is 7.11 Å². The van der Waals surface area contributed by atoms with Crippen molar-refractivity contribution in [2.75, 3.05) is 7.11 Å². The van der Waals surface area contributed by atoms with Gasteiger partial charge in [-0.1, -0.05) is 18.2 Å². The molecule has 6 nitrogen and oxygen atoms in total. The molecule has 1 aromatic carbocycles. The van der Waals surface area contributed by atoms with Crippen LogP contribution in [-0.4, -0.2) is 29.9 Å². The van der Waals surface area contributed by atoms with Crippen LogP contribution in [-0.2, 0) is 19.1 Å². The number of esters is 1. The Balaban J connectivity index is 2.05. The third-order valence-electron chi connectivity index (χ3n) is 3.21. The maximum Gasteiger partial charge on any atom is 0.309 e. The molecule has 2 rings (SSSR count). The van der Waals surface area contributed by atoms with Gasteiger partial charge >= 0.3 is 5.97 Å². The lowest BCUT2D eigenvalue weighted by Gasteiger charge is -2.20. The van der Waals surface area contributed by atoms with Gasteiger partial charge in [-0.25, -0.2) is 0 Å². The van der Waals surface area contributed by atoms with Gasteiger partial charge in [0.1, 0.15) is 11.3 Å². The molecule has 1 unspecified atom stereocenters. The molecule has 1 amide bonds. The second-order valence-corrected chi connectivity index (χ2v) is 5.60. The molecule has 116 valence electrons. The molecule has 1 aliphatic carbocycles. The highest BCUT2D eigenvalue weighted by atomic mass is 32.2. The highest BCUT2D eigenvalue weighted by Gasteiger charge is 2.35. The number of carbonyl (C=O) groups is 3. The Kier molecular flexibility index (Phi) is 5.21. The Morgan fingerprint density at radius 2 is 1.95 bits per heavy atom. The highest BCUT2D eigenvalue weighted by Crippen LogP contribution is 2.27. The minimum atomic E-state index is -0.740. The summed E-state index contributed by atoms with van der Waals surface area (Å²) < 4.78 is 7.07. The SMILES string of the molecule is COC(=O)C1CC(=O)C(C(=O)NSc2ccccc2)=C(O)C1. The van der Waals surface area contributed by atoms with Gasteiger partial charge in [0.05, 0.1) is 13.0 Å². The number of hydrogen-bond acceptors (Lipinski definition) is 6. The van der Waals surface area contributed by atoms with Crippen LogP contribution in [0.15, 0.2) is 46.6 Å². The van der Waals surface area contributed by atoms with Gasteiger partial charge in [-0.2, -0.15) is 0 Å². The molecule has 0 aromatic heterocycles. The summed E-state index contributed by atoms with van der Waals surface area (Å²) in [5.41, 5.74) is -0.288. The van der Waals surface area contributed by atoms with Crippen LogP contribution in [0.1, 0.15) is 12.8 Å². The number of aliphatic hydroxyl groups excluding tert-OH is 1.